The van der Waals surface area contributed by atoms with Gasteiger partial charge in [0.1, 0.15) is 13.2 Å². The largest absolute Gasteiger partial charge is 0.472 e. The first-order chi connectivity index (χ1) is 25.5. The van der Waals surface area contributed by atoms with Gasteiger partial charge in [0, 0.05) is 6.42 Å². The van der Waals surface area contributed by atoms with Gasteiger partial charge in [-0.05, 0) is 77.0 Å². The van der Waals surface area contributed by atoms with E-state index in [0.717, 1.165) is 70.6 Å². The smallest absolute Gasteiger partial charge is 0.387 e. The van der Waals surface area contributed by atoms with E-state index in [1.165, 1.54) is 70.6 Å². The molecule has 3 atom stereocenters. The fraction of sp³-hybridized carbons (Fsp3) is 0.750. The first-order valence-electron chi connectivity index (χ1n) is 21.2. The van der Waals surface area contributed by atoms with E-state index in [2.05, 4.69) is 67.8 Å². The Hall–Kier alpha value is -1.80. The van der Waals surface area contributed by atoms with E-state index in [1.807, 2.05) is 27.2 Å². The predicted octanol–water partition coefficient (Wildman–Crippen LogP) is 11.5. The maximum atomic E-state index is 12.8. The number of nitrogens with one attached hydrogen (secondary N) is 1. The number of unbranched alkanes of at least 4 members (excludes halogenated alkanes) is 16. The van der Waals surface area contributed by atoms with Crippen molar-refractivity contribution in [3.63, 3.8) is 0 Å². The van der Waals surface area contributed by atoms with Gasteiger partial charge >= 0.3 is 7.82 Å². The summed E-state index contributed by atoms with van der Waals surface area (Å²) >= 11 is 0. The minimum Gasteiger partial charge on any atom is -0.387 e. The Labute approximate surface area is 326 Å². The third kappa shape index (κ3) is 38.3. The number of aliphatic hydroxyl groups is 1. The van der Waals surface area contributed by atoms with Crippen LogP contribution in [0.5, 0.6) is 0 Å². The number of hydrogen-bond donors (Lipinski definition) is 3. The first-order valence-corrected chi connectivity index (χ1v) is 22.7. The van der Waals surface area contributed by atoms with Crippen LogP contribution in [0.3, 0.4) is 0 Å². The van der Waals surface area contributed by atoms with E-state index in [9.17, 15) is 19.4 Å². The standard InChI is InChI=1S/C44H81N2O6P/c1-6-8-10-12-14-16-18-20-21-22-23-24-26-28-30-32-34-36-38-44(48)45-42(41-52-53(49,50)51-40-39-46(3,4)5)43(47)37-35-33-31-29-27-25-19-17-15-13-11-9-7-2/h15-18,21-22,27,29,35,37,42-43,47H,6-14,19-20,23-26,28,30-34,36,38-41H2,1-5H3,(H-,45,48,49,50)/p+1/b17-15+,18-16-,22-21-,29-27+,37-35+. The zero-order valence-electron chi connectivity index (χ0n) is 34.7. The summed E-state index contributed by atoms with van der Waals surface area (Å²) in [4.78, 5) is 23.1. The number of nitrogens with zero attached hydrogens (tertiary/aromatic N) is 1. The third-order valence-corrected chi connectivity index (χ3v) is 9.92. The van der Waals surface area contributed by atoms with E-state index in [1.54, 1.807) is 6.08 Å². The zero-order chi connectivity index (χ0) is 39.3. The highest BCUT2D eigenvalue weighted by Crippen LogP contribution is 2.43. The van der Waals surface area contributed by atoms with E-state index >= 15 is 0 Å². The lowest BCUT2D eigenvalue weighted by Gasteiger charge is -2.25. The van der Waals surface area contributed by atoms with Gasteiger partial charge in [-0.25, -0.2) is 4.57 Å². The molecule has 9 heteroatoms. The lowest BCUT2D eigenvalue weighted by molar-refractivity contribution is -0.870. The molecule has 0 aliphatic heterocycles. The molecule has 0 bridgehead atoms. The van der Waals surface area contributed by atoms with Gasteiger partial charge in [0.2, 0.25) is 5.91 Å². The van der Waals surface area contributed by atoms with Crippen LogP contribution < -0.4 is 5.32 Å². The summed E-state index contributed by atoms with van der Waals surface area (Å²) in [5.74, 6) is -0.203. The van der Waals surface area contributed by atoms with Gasteiger partial charge in [0.05, 0.1) is 39.9 Å². The molecule has 0 aromatic rings. The van der Waals surface area contributed by atoms with E-state index in [0.29, 0.717) is 17.4 Å². The lowest BCUT2D eigenvalue weighted by atomic mass is 10.1. The average molecular weight is 766 g/mol. The molecule has 0 fully saturated rings. The number of phosphoric acid groups is 1. The summed E-state index contributed by atoms with van der Waals surface area (Å²) in [6.07, 6.45) is 45.7. The molecule has 0 spiro atoms. The number of allylic oxidation sites excluding steroid dienone is 9. The Morgan fingerprint density at radius 2 is 1.09 bits per heavy atom. The van der Waals surface area contributed by atoms with Gasteiger partial charge in [-0.3, -0.25) is 13.8 Å². The second-order valence-electron chi connectivity index (χ2n) is 15.3. The average Bonchev–Trinajstić information content (AvgIpc) is 3.10. The molecule has 53 heavy (non-hydrogen) atoms. The number of likely N-dealkylation sites (N-methyl/N-ethyl adjacent to an activating group) is 1. The van der Waals surface area contributed by atoms with Crippen molar-refractivity contribution in [1.29, 1.82) is 0 Å². The van der Waals surface area contributed by atoms with E-state index < -0.39 is 20.0 Å². The molecule has 308 valence electrons. The van der Waals surface area contributed by atoms with Crippen molar-refractivity contribution in [3.8, 4) is 0 Å². The molecule has 3 unspecified atom stereocenters. The normalized spacial score (nSPS) is 15.1. The molecule has 0 aromatic heterocycles. The number of hydrogen-bond acceptors (Lipinski definition) is 5. The van der Waals surface area contributed by atoms with Crippen LogP contribution in [0.25, 0.3) is 0 Å². The highest BCUT2D eigenvalue weighted by atomic mass is 31.2. The van der Waals surface area contributed by atoms with Crippen LogP contribution in [0.4, 0.5) is 0 Å². The summed E-state index contributed by atoms with van der Waals surface area (Å²) in [7, 11) is 1.53. The molecule has 0 saturated heterocycles. The first kappa shape index (κ1) is 51.2. The molecular formula is C44H82N2O6P+. The molecule has 3 N–H and O–H groups in total. The Balaban J connectivity index is 4.52. The van der Waals surface area contributed by atoms with Crippen LogP contribution in [0.15, 0.2) is 60.8 Å². The van der Waals surface area contributed by atoms with Crippen LogP contribution in [-0.2, 0) is 18.4 Å². The number of amides is 1. The van der Waals surface area contributed by atoms with Gasteiger partial charge in [0.15, 0.2) is 0 Å². The number of phosphoric ester groups is 1. The molecule has 0 aliphatic rings. The Morgan fingerprint density at radius 3 is 1.66 bits per heavy atom. The van der Waals surface area contributed by atoms with Crippen LogP contribution in [0.1, 0.15) is 162 Å². The maximum Gasteiger partial charge on any atom is 0.472 e. The molecule has 0 radical (unpaired) electrons. The van der Waals surface area contributed by atoms with Crippen molar-refractivity contribution in [1.82, 2.24) is 5.32 Å². The van der Waals surface area contributed by atoms with Gasteiger partial charge < -0.3 is 19.8 Å². The minimum atomic E-state index is -4.35. The van der Waals surface area contributed by atoms with Crippen molar-refractivity contribution < 1.29 is 32.9 Å². The number of quaternary nitrogens is 1. The zero-order valence-corrected chi connectivity index (χ0v) is 35.6. The predicted molar refractivity (Wildman–Crippen MR) is 226 cm³/mol. The van der Waals surface area contributed by atoms with E-state index in [-0.39, 0.29) is 19.1 Å². The summed E-state index contributed by atoms with van der Waals surface area (Å²) < 4.78 is 23.5. The summed E-state index contributed by atoms with van der Waals surface area (Å²) in [6.45, 7) is 4.70. The van der Waals surface area contributed by atoms with E-state index in [4.69, 9.17) is 9.05 Å². The Bertz CT molecular complexity index is 1050. The number of rotatable bonds is 37. The van der Waals surface area contributed by atoms with Gasteiger partial charge in [0.25, 0.3) is 0 Å². The van der Waals surface area contributed by atoms with Crippen molar-refractivity contribution in [3.05, 3.63) is 60.8 Å². The SMILES string of the molecule is CCCCC/C=C/CC/C=C/CC/C=C/C(O)C(COP(=O)(O)OCC[N+](C)(C)C)NC(=O)CCCCCCCCC/C=C\C/C=C\CCCCCC. The summed E-state index contributed by atoms with van der Waals surface area (Å²) in [5.41, 5.74) is 0. The molecule has 0 rings (SSSR count). The Kier molecular flexibility index (Phi) is 34.7. The highest BCUT2D eigenvalue weighted by molar-refractivity contribution is 7.47. The van der Waals surface area contributed by atoms with Crippen LogP contribution >= 0.6 is 7.82 Å². The molecule has 0 aliphatic carbocycles. The fourth-order valence-electron chi connectivity index (χ4n) is 5.51. The monoisotopic (exact) mass is 766 g/mol. The van der Waals surface area contributed by atoms with Gasteiger partial charge in [-0.2, -0.15) is 0 Å². The topological polar surface area (TPSA) is 105 Å². The van der Waals surface area contributed by atoms with Gasteiger partial charge in [-0.15, -0.1) is 0 Å². The minimum absolute atomic E-state index is 0.0494. The molecule has 8 nitrogen and oxygen atoms in total. The highest BCUT2D eigenvalue weighted by Gasteiger charge is 2.27. The fourth-order valence-corrected chi connectivity index (χ4v) is 6.25. The number of carbonyl (C=O) groups excluding carboxylic acids is 1. The third-order valence-electron chi connectivity index (χ3n) is 8.94. The maximum absolute atomic E-state index is 12.8. The second-order valence-corrected chi connectivity index (χ2v) is 16.8. The molecule has 1 amide bonds. The molecular weight excluding hydrogens is 683 g/mol. The second kappa shape index (κ2) is 35.9. The number of carbonyl (C=O) groups is 1. The Morgan fingerprint density at radius 1 is 0.642 bits per heavy atom. The quantitative estimate of drug-likeness (QED) is 0.0252. The molecule has 0 aromatic carbocycles. The van der Waals surface area contributed by atoms with Crippen LogP contribution in [0.2, 0.25) is 0 Å². The van der Waals surface area contributed by atoms with Crippen molar-refractivity contribution >= 4 is 13.7 Å². The van der Waals surface area contributed by atoms with Crippen molar-refractivity contribution in [2.45, 2.75) is 174 Å². The van der Waals surface area contributed by atoms with Gasteiger partial charge in [-0.1, -0.05) is 139 Å². The van der Waals surface area contributed by atoms with Crippen molar-refractivity contribution in [2.24, 2.45) is 0 Å². The van der Waals surface area contributed by atoms with Crippen LogP contribution in [0, 0.1) is 0 Å². The molecule has 0 heterocycles. The lowest BCUT2D eigenvalue weighted by Crippen LogP contribution is -2.45. The summed E-state index contributed by atoms with van der Waals surface area (Å²) in [6, 6.07) is -0.874. The number of aliphatic hydroxyl groups excluding tert-OH is 1. The van der Waals surface area contributed by atoms with Crippen LogP contribution in [-0.4, -0.2) is 73.4 Å². The van der Waals surface area contributed by atoms with Crippen molar-refractivity contribution in [2.75, 3.05) is 40.9 Å². The molecule has 0 saturated carbocycles. The summed E-state index contributed by atoms with van der Waals surface area (Å²) in [5, 5.41) is 13.7.